The SMILES string of the molecule is CC.Cc1c[nH]c2ccc(Cl)cc12. The summed E-state index contributed by atoms with van der Waals surface area (Å²) in [4.78, 5) is 3.16. The van der Waals surface area contributed by atoms with Gasteiger partial charge in [-0.2, -0.15) is 0 Å². The molecule has 13 heavy (non-hydrogen) atoms. The average molecular weight is 196 g/mol. The third-order valence-electron chi connectivity index (χ3n) is 1.85. The van der Waals surface area contributed by atoms with Crippen molar-refractivity contribution < 1.29 is 0 Å². The zero-order valence-electron chi connectivity index (χ0n) is 8.19. The van der Waals surface area contributed by atoms with Crippen molar-refractivity contribution in [3.05, 3.63) is 35.0 Å². The molecule has 0 atom stereocenters. The van der Waals surface area contributed by atoms with Crippen LogP contribution >= 0.6 is 11.6 Å². The summed E-state index contributed by atoms with van der Waals surface area (Å²) in [6.45, 7) is 6.06. The standard InChI is InChI=1S/C9H8ClN.C2H6/c1-6-5-11-9-3-2-7(10)4-8(6)9;1-2/h2-5,11H,1H3;1-2H3. The molecular formula is C11H14ClN. The van der Waals surface area contributed by atoms with Crippen LogP contribution in [0.15, 0.2) is 24.4 Å². The van der Waals surface area contributed by atoms with Crippen LogP contribution in [-0.4, -0.2) is 4.98 Å². The lowest BCUT2D eigenvalue weighted by molar-refractivity contribution is 1.43. The van der Waals surface area contributed by atoms with Gasteiger partial charge in [0.25, 0.3) is 0 Å². The maximum absolute atomic E-state index is 5.83. The van der Waals surface area contributed by atoms with E-state index in [0.717, 1.165) is 10.5 Å². The van der Waals surface area contributed by atoms with Crippen LogP contribution in [-0.2, 0) is 0 Å². The number of hydrogen-bond acceptors (Lipinski definition) is 0. The number of nitrogens with one attached hydrogen (secondary N) is 1. The fourth-order valence-electron chi connectivity index (χ4n) is 1.23. The van der Waals surface area contributed by atoms with Gasteiger partial charge in [-0.05, 0) is 30.7 Å². The topological polar surface area (TPSA) is 15.8 Å². The lowest BCUT2D eigenvalue weighted by Crippen LogP contribution is -1.68. The molecule has 0 spiro atoms. The Labute approximate surface area is 83.7 Å². The number of rotatable bonds is 0. The molecule has 0 saturated carbocycles. The molecule has 2 aromatic rings. The van der Waals surface area contributed by atoms with E-state index in [2.05, 4.69) is 11.9 Å². The molecule has 0 radical (unpaired) electrons. The zero-order chi connectivity index (χ0) is 9.84. The molecule has 70 valence electrons. The predicted octanol–water partition coefficient (Wildman–Crippen LogP) is 4.16. The molecule has 0 aliphatic heterocycles. The number of H-pyrrole nitrogens is 1. The van der Waals surface area contributed by atoms with Crippen molar-refractivity contribution in [3.8, 4) is 0 Å². The van der Waals surface area contributed by atoms with E-state index in [1.54, 1.807) is 0 Å². The lowest BCUT2D eigenvalue weighted by atomic mass is 10.2. The number of aromatic amines is 1. The van der Waals surface area contributed by atoms with Crippen LogP contribution in [0.3, 0.4) is 0 Å². The minimum atomic E-state index is 0.792. The second-order valence-electron chi connectivity index (χ2n) is 2.66. The van der Waals surface area contributed by atoms with E-state index >= 15 is 0 Å². The summed E-state index contributed by atoms with van der Waals surface area (Å²) in [5.41, 5.74) is 2.38. The number of halogens is 1. The third-order valence-corrected chi connectivity index (χ3v) is 2.09. The van der Waals surface area contributed by atoms with Gasteiger partial charge in [-0.1, -0.05) is 25.4 Å². The van der Waals surface area contributed by atoms with E-state index in [0.29, 0.717) is 0 Å². The van der Waals surface area contributed by atoms with Gasteiger partial charge in [0.1, 0.15) is 0 Å². The Balaban J connectivity index is 0.000000396. The molecule has 2 rings (SSSR count). The summed E-state index contributed by atoms with van der Waals surface area (Å²) in [5.74, 6) is 0. The number of aryl methyl sites for hydroxylation is 1. The minimum absolute atomic E-state index is 0.792. The van der Waals surface area contributed by atoms with Gasteiger partial charge in [0.05, 0.1) is 0 Å². The quantitative estimate of drug-likeness (QED) is 0.650. The smallest absolute Gasteiger partial charge is 0.0457 e. The molecule has 2 heteroatoms. The van der Waals surface area contributed by atoms with Crippen LogP contribution in [0.1, 0.15) is 19.4 Å². The van der Waals surface area contributed by atoms with Gasteiger partial charge in [0.15, 0.2) is 0 Å². The van der Waals surface area contributed by atoms with Crippen molar-refractivity contribution in [1.29, 1.82) is 0 Å². The molecule has 1 aromatic carbocycles. The van der Waals surface area contributed by atoms with Gasteiger partial charge >= 0.3 is 0 Å². The second kappa shape index (κ2) is 4.33. The van der Waals surface area contributed by atoms with Crippen molar-refractivity contribution in [2.45, 2.75) is 20.8 Å². The third kappa shape index (κ3) is 2.04. The van der Waals surface area contributed by atoms with Crippen molar-refractivity contribution in [2.24, 2.45) is 0 Å². The van der Waals surface area contributed by atoms with Gasteiger partial charge in [-0.25, -0.2) is 0 Å². The van der Waals surface area contributed by atoms with Crippen LogP contribution in [0.4, 0.5) is 0 Å². The first-order chi connectivity index (χ1) is 6.27. The van der Waals surface area contributed by atoms with Crippen molar-refractivity contribution in [1.82, 2.24) is 4.98 Å². The van der Waals surface area contributed by atoms with Crippen LogP contribution in [0.2, 0.25) is 5.02 Å². The molecule has 1 nitrogen and oxygen atoms in total. The van der Waals surface area contributed by atoms with E-state index in [9.17, 15) is 0 Å². The normalized spacial score (nSPS) is 9.54. The highest BCUT2D eigenvalue weighted by atomic mass is 35.5. The molecule has 0 saturated heterocycles. The summed E-state index contributed by atoms with van der Waals surface area (Å²) in [7, 11) is 0. The number of benzene rings is 1. The fourth-order valence-corrected chi connectivity index (χ4v) is 1.40. The molecule has 1 aromatic heterocycles. The molecule has 1 N–H and O–H groups in total. The first kappa shape index (κ1) is 10.1. The summed E-state index contributed by atoms with van der Waals surface area (Å²) >= 11 is 5.83. The maximum Gasteiger partial charge on any atom is 0.0457 e. The monoisotopic (exact) mass is 195 g/mol. The van der Waals surface area contributed by atoms with E-state index in [4.69, 9.17) is 11.6 Å². The van der Waals surface area contributed by atoms with Gasteiger partial charge in [-0.15, -0.1) is 0 Å². The Morgan fingerprint density at radius 1 is 1.23 bits per heavy atom. The predicted molar refractivity (Wildman–Crippen MR) is 59.4 cm³/mol. The highest BCUT2D eigenvalue weighted by Gasteiger charge is 1.98. The lowest BCUT2D eigenvalue weighted by Gasteiger charge is -1.91. The largest absolute Gasteiger partial charge is 0.361 e. The molecule has 0 unspecified atom stereocenters. The van der Waals surface area contributed by atoms with Crippen LogP contribution in [0.25, 0.3) is 10.9 Å². The van der Waals surface area contributed by atoms with Gasteiger partial charge < -0.3 is 4.98 Å². The molecule has 0 aliphatic rings. The van der Waals surface area contributed by atoms with E-state index in [-0.39, 0.29) is 0 Å². The van der Waals surface area contributed by atoms with Crippen molar-refractivity contribution in [2.75, 3.05) is 0 Å². The molecule has 0 fully saturated rings. The first-order valence-electron chi connectivity index (χ1n) is 4.50. The Hall–Kier alpha value is -0.950. The zero-order valence-corrected chi connectivity index (χ0v) is 8.94. The first-order valence-corrected chi connectivity index (χ1v) is 4.88. The van der Waals surface area contributed by atoms with E-state index in [1.807, 2.05) is 38.2 Å². The second-order valence-corrected chi connectivity index (χ2v) is 3.10. The summed E-state index contributed by atoms with van der Waals surface area (Å²) in [5, 5.41) is 2.00. The highest BCUT2D eigenvalue weighted by Crippen LogP contribution is 2.21. The molecule has 0 amide bonds. The Morgan fingerprint density at radius 2 is 1.92 bits per heavy atom. The Morgan fingerprint density at radius 3 is 2.62 bits per heavy atom. The molecule has 0 aliphatic carbocycles. The molecular weight excluding hydrogens is 182 g/mol. The highest BCUT2D eigenvalue weighted by molar-refractivity contribution is 6.31. The maximum atomic E-state index is 5.83. The molecule has 1 heterocycles. The average Bonchev–Trinajstić information content (AvgIpc) is 2.52. The minimum Gasteiger partial charge on any atom is -0.361 e. The summed E-state index contributed by atoms with van der Waals surface area (Å²) in [6.07, 6.45) is 1.99. The van der Waals surface area contributed by atoms with Crippen LogP contribution < -0.4 is 0 Å². The van der Waals surface area contributed by atoms with Crippen LogP contribution in [0.5, 0.6) is 0 Å². The Bertz CT molecular complexity index is 390. The van der Waals surface area contributed by atoms with E-state index < -0.39 is 0 Å². The number of aromatic nitrogens is 1. The summed E-state index contributed by atoms with van der Waals surface area (Å²) < 4.78 is 0. The van der Waals surface area contributed by atoms with Crippen molar-refractivity contribution in [3.63, 3.8) is 0 Å². The van der Waals surface area contributed by atoms with Gasteiger partial charge in [-0.3, -0.25) is 0 Å². The van der Waals surface area contributed by atoms with Gasteiger partial charge in [0.2, 0.25) is 0 Å². The van der Waals surface area contributed by atoms with Crippen LogP contribution in [0, 0.1) is 6.92 Å². The molecule has 0 bridgehead atoms. The summed E-state index contributed by atoms with van der Waals surface area (Å²) in [6, 6.07) is 5.85. The Kier molecular flexibility index (Phi) is 3.38. The number of fused-ring (bicyclic) bond motifs is 1. The van der Waals surface area contributed by atoms with Crippen molar-refractivity contribution >= 4 is 22.5 Å². The van der Waals surface area contributed by atoms with Gasteiger partial charge in [0, 0.05) is 22.1 Å². The fraction of sp³-hybridized carbons (Fsp3) is 0.273. The number of hydrogen-bond donors (Lipinski definition) is 1. The van der Waals surface area contributed by atoms with E-state index in [1.165, 1.54) is 10.9 Å².